The molecule has 24 heavy (non-hydrogen) atoms. The SMILES string of the molecule is CC(=O)O[C@H](C(=O)N[C@@H](C)CCc1ccccc1)c1ccccc1. The third-order valence-corrected chi connectivity index (χ3v) is 3.72. The van der Waals surface area contributed by atoms with Crippen molar-refractivity contribution in [1.82, 2.24) is 5.32 Å². The summed E-state index contributed by atoms with van der Waals surface area (Å²) in [7, 11) is 0. The fourth-order valence-electron chi connectivity index (χ4n) is 2.49. The van der Waals surface area contributed by atoms with Crippen LogP contribution in [0.15, 0.2) is 60.7 Å². The van der Waals surface area contributed by atoms with Gasteiger partial charge in [-0.25, -0.2) is 0 Å². The highest BCUT2D eigenvalue weighted by atomic mass is 16.5. The Bertz CT molecular complexity index is 655. The smallest absolute Gasteiger partial charge is 0.303 e. The number of amides is 1. The van der Waals surface area contributed by atoms with Crippen LogP contribution < -0.4 is 5.32 Å². The molecule has 2 aromatic rings. The van der Waals surface area contributed by atoms with Gasteiger partial charge in [-0.3, -0.25) is 9.59 Å². The summed E-state index contributed by atoms with van der Waals surface area (Å²) < 4.78 is 5.21. The monoisotopic (exact) mass is 325 g/mol. The minimum atomic E-state index is -0.914. The van der Waals surface area contributed by atoms with Crippen molar-refractivity contribution in [3.05, 3.63) is 71.8 Å². The molecule has 0 saturated carbocycles. The summed E-state index contributed by atoms with van der Waals surface area (Å²) in [5.41, 5.74) is 1.90. The minimum Gasteiger partial charge on any atom is -0.447 e. The quantitative estimate of drug-likeness (QED) is 0.794. The van der Waals surface area contributed by atoms with Crippen molar-refractivity contribution in [2.45, 2.75) is 38.8 Å². The van der Waals surface area contributed by atoms with Gasteiger partial charge in [-0.05, 0) is 25.3 Å². The summed E-state index contributed by atoms with van der Waals surface area (Å²) in [5.74, 6) is -0.770. The maximum atomic E-state index is 12.5. The molecule has 126 valence electrons. The zero-order chi connectivity index (χ0) is 17.4. The average molecular weight is 325 g/mol. The second-order valence-corrected chi connectivity index (χ2v) is 5.83. The van der Waals surface area contributed by atoms with Crippen LogP contribution >= 0.6 is 0 Å². The lowest BCUT2D eigenvalue weighted by atomic mass is 10.0. The highest BCUT2D eigenvalue weighted by Gasteiger charge is 2.24. The third-order valence-electron chi connectivity index (χ3n) is 3.72. The fourth-order valence-corrected chi connectivity index (χ4v) is 2.49. The first-order valence-electron chi connectivity index (χ1n) is 8.12. The third kappa shape index (κ3) is 5.54. The van der Waals surface area contributed by atoms with Gasteiger partial charge in [-0.15, -0.1) is 0 Å². The number of carbonyl (C=O) groups excluding carboxylic acids is 2. The van der Waals surface area contributed by atoms with Crippen LogP contribution in [-0.4, -0.2) is 17.9 Å². The molecule has 0 aromatic heterocycles. The first kappa shape index (κ1) is 17.7. The van der Waals surface area contributed by atoms with Crippen molar-refractivity contribution < 1.29 is 14.3 Å². The van der Waals surface area contributed by atoms with Crippen LogP contribution in [0, 0.1) is 0 Å². The lowest BCUT2D eigenvalue weighted by molar-refractivity contribution is -0.154. The van der Waals surface area contributed by atoms with Crippen LogP contribution in [-0.2, 0) is 20.7 Å². The second-order valence-electron chi connectivity index (χ2n) is 5.83. The van der Waals surface area contributed by atoms with E-state index < -0.39 is 12.1 Å². The molecular formula is C20H23NO3. The predicted molar refractivity (Wildman–Crippen MR) is 93.3 cm³/mol. The lowest BCUT2D eigenvalue weighted by Crippen LogP contribution is -2.38. The Balaban J connectivity index is 1.95. The van der Waals surface area contributed by atoms with E-state index >= 15 is 0 Å². The number of ether oxygens (including phenoxy) is 1. The largest absolute Gasteiger partial charge is 0.447 e. The maximum absolute atomic E-state index is 12.5. The lowest BCUT2D eigenvalue weighted by Gasteiger charge is -2.20. The molecule has 2 atom stereocenters. The molecule has 2 rings (SSSR count). The van der Waals surface area contributed by atoms with E-state index in [2.05, 4.69) is 17.4 Å². The van der Waals surface area contributed by atoms with E-state index in [-0.39, 0.29) is 11.9 Å². The van der Waals surface area contributed by atoms with Crippen LogP contribution in [0.2, 0.25) is 0 Å². The van der Waals surface area contributed by atoms with Crippen molar-refractivity contribution in [2.75, 3.05) is 0 Å². The fraction of sp³-hybridized carbons (Fsp3) is 0.300. The van der Waals surface area contributed by atoms with Crippen LogP contribution in [0.4, 0.5) is 0 Å². The molecule has 0 spiro atoms. The summed E-state index contributed by atoms with van der Waals surface area (Å²) in [6.45, 7) is 3.26. The van der Waals surface area contributed by atoms with Gasteiger partial charge in [0.2, 0.25) is 6.10 Å². The summed E-state index contributed by atoms with van der Waals surface area (Å²) in [6.07, 6.45) is 0.784. The highest BCUT2D eigenvalue weighted by Crippen LogP contribution is 2.18. The average Bonchev–Trinajstić information content (AvgIpc) is 2.59. The Morgan fingerprint density at radius 2 is 1.58 bits per heavy atom. The van der Waals surface area contributed by atoms with Gasteiger partial charge >= 0.3 is 5.97 Å². The van der Waals surface area contributed by atoms with E-state index in [4.69, 9.17) is 4.74 Å². The van der Waals surface area contributed by atoms with E-state index in [1.807, 2.05) is 43.3 Å². The number of aryl methyl sites for hydroxylation is 1. The number of hydrogen-bond acceptors (Lipinski definition) is 3. The van der Waals surface area contributed by atoms with Gasteiger partial charge in [-0.1, -0.05) is 60.7 Å². The first-order valence-corrected chi connectivity index (χ1v) is 8.12. The topological polar surface area (TPSA) is 55.4 Å². The Kier molecular flexibility index (Phi) is 6.55. The Morgan fingerprint density at radius 1 is 1.00 bits per heavy atom. The Morgan fingerprint density at radius 3 is 2.17 bits per heavy atom. The van der Waals surface area contributed by atoms with Crippen LogP contribution in [0.3, 0.4) is 0 Å². The van der Waals surface area contributed by atoms with Crippen LogP contribution in [0.1, 0.15) is 37.5 Å². The van der Waals surface area contributed by atoms with E-state index in [9.17, 15) is 9.59 Å². The van der Waals surface area contributed by atoms with E-state index in [0.717, 1.165) is 12.8 Å². The van der Waals surface area contributed by atoms with Crippen molar-refractivity contribution in [3.63, 3.8) is 0 Å². The molecule has 0 heterocycles. The maximum Gasteiger partial charge on any atom is 0.303 e. The minimum absolute atomic E-state index is 0.0144. The van der Waals surface area contributed by atoms with Gasteiger partial charge in [0, 0.05) is 18.5 Å². The zero-order valence-corrected chi connectivity index (χ0v) is 14.1. The molecule has 2 aromatic carbocycles. The second kappa shape index (κ2) is 8.87. The van der Waals surface area contributed by atoms with Crippen molar-refractivity contribution in [1.29, 1.82) is 0 Å². The number of esters is 1. The van der Waals surface area contributed by atoms with Gasteiger partial charge < -0.3 is 10.1 Å². The number of benzene rings is 2. The van der Waals surface area contributed by atoms with Crippen molar-refractivity contribution in [2.24, 2.45) is 0 Å². The molecule has 0 bridgehead atoms. The van der Waals surface area contributed by atoms with Gasteiger partial charge in [0.1, 0.15) is 0 Å². The predicted octanol–water partition coefficient (Wildman–Crippen LogP) is 3.43. The van der Waals surface area contributed by atoms with Crippen molar-refractivity contribution in [3.8, 4) is 0 Å². The van der Waals surface area contributed by atoms with Gasteiger partial charge in [0.05, 0.1) is 0 Å². The molecule has 1 N–H and O–H groups in total. The van der Waals surface area contributed by atoms with E-state index in [0.29, 0.717) is 5.56 Å². The van der Waals surface area contributed by atoms with Gasteiger partial charge in [-0.2, -0.15) is 0 Å². The summed E-state index contributed by atoms with van der Waals surface area (Å²) in [4.78, 5) is 23.8. The first-order chi connectivity index (χ1) is 11.6. The molecule has 0 aliphatic rings. The highest BCUT2D eigenvalue weighted by molar-refractivity contribution is 5.84. The number of nitrogens with one attached hydrogen (secondary N) is 1. The molecule has 0 aliphatic heterocycles. The number of rotatable bonds is 7. The molecule has 4 nitrogen and oxygen atoms in total. The molecule has 4 heteroatoms. The molecule has 0 radical (unpaired) electrons. The zero-order valence-electron chi connectivity index (χ0n) is 14.1. The molecule has 0 saturated heterocycles. The Hall–Kier alpha value is -2.62. The van der Waals surface area contributed by atoms with Gasteiger partial charge in [0.15, 0.2) is 0 Å². The summed E-state index contributed by atoms with van der Waals surface area (Å²) >= 11 is 0. The standard InChI is InChI=1S/C20H23NO3/c1-15(13-14-17-9-5-3-6-10-17)21-20(23)19(24-16(2)22)18-11-7-4-8-12-18/h3-12,15,19H,13-14H2,1-2H3,(H,21,23)/t15-,19-/m0/s1. The van der Waals surface area contributed by atoms with Gasteiger partial charge in [0.25, 0.3) is 5.91 Å². The Labute approximate surface area is 142 Å². The van der Waals surface area contributed by atoms with E-state index in [1.165, 1.54) is 12.5 Å². The normalized spacial score (nSPS) is 12.9. The summed E-state index contributed by atoms with van der Waals surface area (Å²) in [6, 6.07) is 19.2. The van der Waals surface area contributed by atoms with Crippen LogP contribution in [0.25, 0.3) is 0 Å². The number of hydrogen-bond donors (Lipinski definition) is 1. The molecule has 0 fully saturated rings. The summed E-state index contributed by atoms with van der Waals surface area (Å²) in [5, 5.41) is 2.94. The molecule has 1 amide bonds. The van der Waals surface area contributed by atoms with Crippen LogP contribution in [0.5, 0.6) is 0 Å². The molecular weight excluding hydrogens is 302 g/mol. The molecule has 0 unspecified atom stereocenters. The van der Waals surface area contributed by atoms with Crippen molar-refractivity contribution >= 4 is 11.9 Å². The van der Waals surface area contributed by atoms with E-state index in [1.54, 1.807) is 12.1 Å². The number of carbonyl (C=O) groups is 2. The molecule has 0 aliphatic carbocycles.